The van der Waals surface area contributed by atoms with Crippen LogP contribution in [0.25, 0.3) is 0 Å². The molecule has 0 saturated carbocycles. The second-order valence-electron chi connectivity index (χ2n) is 6.63. The Hall–Kier alpha value is -3.65. The van der Waals surface area contributed by atoms with Gasteiger partial charge in [0, 0.05) is 22.3 Å². The smallest absolute Gasteiger partial charge is 0.434 e. The molecule has 3 aromatic rings. The van der Waals surface area contributed by atoms with Gasteiger partial charge >= 0.3 is 6.16 Å². The fourth-order valence-electron chi connectivity index (χ4n) is 2.80. The first kappa shape index (κ1) is 23.0. The molecule has 2 N–H and O–H groups in total. The van der Waals surface area contributed by atoms with Crippen LogP contribution in [0.3, 0.4) is 0 Å². The van der Waals surface area contributed by atoms with E-state index in [1.54, 1.807) is 55.5 Å². The summed E-state index contributed by atoms with van der Waals surface area (Å²) in [5.74, 6) is -0.234. The Morgan fingerprint density at radius 3 is 2.38 bits per heavy atom. The van der Waals surface area contributed by atoms with Crippen LogP contribution in [0.2, 0.25) is 0 Å². The van der Waals surface area contributed by atoms with Gasteiger partial charge in [0.25, 0.3) is 11.8 Å². The molecule has 0 aliphatic rings. The molecule has 0 unspecified atom stereocenters. The zero-order valence-electron chi connectivity index (χ0n) is 17.3. The van der Waals surface area contributed by atoms with Crippen LogP contribution < -0.4 is 15.4 Å². The average Bonchev–Trinajstić information content (AvgIpc) is 2.78. The second-order valence-corrected chi connectivity index (χ2v) is 7.48. The van der Waals surface area contributed by atoms with Gasteiger partial charge in [0.15, 0.2) is 0 Å². The molecular weight excluding hydrogens is 476 g/mol. The predicted octanol–water partition coefficient (Wildman–Crippen LogP) is 5.17. The lowest BCUT2D eigenvalue weighted by molar-refractivity contribution is 0.0948. The van der Waals surface area contributed by atoms with Crippen LogP contribution in [0.15, 0.2) is 77.3 Å². The van der Waals surface area contributed by atoms with Gasteiger partial charge in [-0.25, -0.2) is 4.79 Å². The van der Waals surface area contributed by atoms with Gasteiger partial charge < -0.3 is 20.1 Å². The molecule has 0 saturated heterocycles. The molecule has 0 heterocycles. The maximum Gasteiger partial charge on any atom is 0.513 e. The van der Waals surface area contributed by atoms with Crippen molar-refractivity contribution in [2.45, 2.75) is 13.5 Å². The monoisotopic (exact) mass is 496 g/mol. The van der Waals surface area contributed by atoms with E-state index in [1.165, 1.54) is 12.1 Å². The molecule has 8 heteroatoms. The maximum absolute atomic E-state index is 12.5. The van der Waals surface area contributed by atoms with Crippen LogP contribution in [0, 0.1) is 0 Å². The minimum Gasteiger partial charge on any atom is -0.434 e. The fraction of sp³-hybridized carbons (Fsp3) is 0.125. The number of nitrogens with one attached hydrogen (secondary N) is 2. The lowest BCUT2D eigenvalue weighted by Crippen LogP contribution is -2.23. The van der Waals surface area contributed by atoms with E-state index in [0.717, 1.165) is 10.0 Å². The number of ether oxygens (including phenoxy) is 2. The Labute approximate surface area is 193 Å². The quantitative estimate of drug-likeness (QED) is 0.347. The van der Waals surface area contributed by atoms with Crippen molar-refractivity contribution in [2.75, 3.05) is 11.9 Å². The second kappa shape index (κ2) is 11.1. The highest BCUT2D eigenvalue weighted by Gasteiger charge is 2.11. The summed E-state index contributed by atoms with van der Waals surface area (Å²) in [5.41, 5.74) is 2.37. The van der Waals surface area contributed by atoms with Crippen LogP contribution in [-0.2, 0) is 11.3 Å². The average molecular weight is 497 g/mol. The molecule has 0 aromatic heterocycles. The van der Waals surface area contributed by atoms with Crippen LogP contribution in [0.1, 0.15) is 33.2 Å². The molecule has 0 radical (unpaired) electrons. The summed E-state index contributed by atoms with van der Waals surface area (Å²) >= 11 is 3.37. The number of carbonyl (C=O) groups excluding carboxylic acids is 3. The number of rotatable bonds is 7. The lowest BCUT2D eigenvalue weighted by atomic mass is 10.1. The SMILES string of the molecule is CCOC(=O)Oc1ccc(C(=O)Nc2cccc(CNC(=O)c3ccccc3Br)c2)cc1. The van der Waals surface area contributed by atoms with E-state index in [9.17, 15) is 14.4 Å². The molecule has 0 aliphatic heterocycles. The van der Waals surface area contributed by atoms with Crippen molar-refractivity contribution < 1.29 is 23.9 Å². The molecule has 0 fully saturated rings. The fourth-order valence-corrected chi connectivity index (χ4v) is 3.27. The third-order valence-electron chi connectivity index (χ3n) is 4.34. The lowest BCUT2D eigenvalue weighted by Gasteiger charge is -2.10. The van der Waals surface area contributed by atoms with Crippen molar-refractivity contribution >= 4 is 39.6 Å². The van der Waals surface area contributed by atoms with E-state index in [-0.39, 0.29) is 24.2 Å². The first-order chi connectivity index (χ1) is 15.5. The summed E-state index contributed by atoms with van der Waals surface area (Å²) in [6, 6.07) is 20.5. The van der Waals surface area contributed by atoms with E-state index in [1.807, 2.05) is 12.1 Å². The standard InChI is InChI=1S/C24H21BrN2O5/c1-2-31-24(30)32-19-12-10-17(11-13-19)22(28)27-18-7-5-6-16(14-18)15-26-23(29)20-8-3-4-9-21(20)25/h3-14H,2,15H2,1H3,(H,26,29)(H,27,28). The number of benzene rings is 3. The van der Waals surface area contributed by atoms with Crippen LogP contribution in [-0.4, -0.2) is 24.6 Å². The zero-order chi connectivity index (χ0) is 22.9. The highest BCUT2D eigenvalue weighted by molar-refractivity contribution is 9.10. The van der Waals surface area contributed by atoms with Crippen LogP contribution >= 0.6 is 15.9 Å². The molecule has 0 atom stereocenters. The van der Waals surface area contributed by atoms with Crippen molar-refractivity contribution in [3.8, 4) is 5.75 Å². The van der Waals surface area contributed by atoms with Crippen molar-refractivity contribution in [3.05, 3.63) is 94.0 Å². The topological polar surface area (TPSA) is 93.7 Å². The van der Waals surface area contributed by atoms with Gasteiger partial charge in [-0.3, -0.25) is 9.59 Å². The summed E-state index contributed by atoms with van der Waals surface area (Å²) < 4.78 is 10.4. The molecule has 2 amide bonds. The number of carbonyl (C=O) groups is 3. The van der Waals surface area contributed by atoms with Gasteiger partial charge in [0.2, 0.25) is 0 Å². The Kier molecular flexibility index (Phi) is 7.99. The molecule has 3 aromatic carbocycles. The molecule has 3 rings (SSSR count). The number of anilines is 1. The van der Waals surface area contributed by atoms with E-state index in [0.29, 0.717) is 23.4 Å². The largest absolute Gasteiger partial charge is 0.513 e. The summed E-state index contributed by atoms with van der Waals surface area (Å²) in [4.78, 5) is 36.2. The van der Waals surface area contributed by atoms with Gasteiger partial charge in [0.1, 0.15) is 5.75 Å². The van der Waals surface area contributed by atoms with Crippen LogP contribution in [0.4, 0.5) is 10.5 Å². The van der Waals surface area contributed by atoms with Crippen molar-refractivity contribution in [2.24, 2.45) is 0 Å². The van der Waals surface area contributed by atoms with E-state index >= 15 is 0 Å². The Balaban J connectivity index is 1.58. The Morgan fingerprint density at radius 2 is 1.66 bits per heavy atom. The molecular formula is C24H21BrN2O5. The number of hydrogen-bond donors (Lipinski definition) is 2. The van der Waals surface area contributed by atoms with E-state index in [4.69, 9.17) is 9.47 Å². The van der Waals surface area contributed by atoms with Gasteiger partial charge in [-0.05, 0) is 76.9 Å². The maximum atomic E-state index is 12.5. The third kappa shape index (κ3) is 6.42. The van der Waals surface area contributed by atoms with Crippen molar-refractivity contribution in [1.29, 1.82) is 0 Å². The zero-order valence-corrected chi connectivity index (χ0v) is 18.8. The molecule has 0 bridgehead atoms. The molecule has 0 aliphatic carbocycles. The normalized spacial score (nSPS) is 10.2. The molecule has 0 spiro atoms. The number of hydrogen-bond acceptors (Lipinski definition) is 5. The molecule has 32 heavy (non-hydrogen) atoms. The summed E-state index contributed by atoms with van der Waals surface area (Å²) in [5, 5.41) is 5.68. The minimum absolute atomic E-state index is 0.197. The first-order valence-corrected chi connectivity index (χ1v) is 10.6. The Morgan fingerprint density at radius 1 is 0.906 bits per heavy atom. The first-order valence-electron chi connectivity index (χ1n) is 9.84. The summed E-state index contributed by atoms with van der Waals surface area (Å²) in [6.07, 6.45) is -0.798. The Bertz CT molecular complexity index is 1120. The van der Waals surface area contributed by atoms with Crippen molar-refractivity contribution in [3.63, 3.8) is 0 Å². The van der Waals surface area contributed by atoms with Gasteiger partial charge in [-0.1, -0.05) is 24.3 Å². The minimum atomic E-state index is -0.798. The highest BCUT2D eigenvalue weighted by Crippen LogP contribution is 2.17. The molecule has 164 valence electrons. The predicted molar refractivity (Wildman–Crippen MR) is 124 cm³/mol. The van der Waals surface area contributed by atoms with Gasteiger partial charge in [-0.2, -0.15) is 0 Å². The summed E-state index contributed by atoms with van der Waals surface area (Å²) in [6.45, 7) is 2.20. The number of halogens is 1. The van der Waals surface area contributed by atoms with Crippen molar-refractivity contribution in [1.82, 2.24) is 5.32 Å². The number of amides is 2. The van der Waals surface area contributed by atoms with Gasteiger partial charge in [0.05, 0.1) is 12.2 Å². The van der Waals surface area contributed by atoms with E-state index < -0.39 is 6.16 Å². The highest BCUT2D eigenvalue weighted by atomic mass is 79.9. The van der Waals surface area contributed by atoms with E-state index in [2.05, 4.69) is 26.6 Å². The van der Waals surface area contributed by atoms with Crippen LogP contribution in [0.5, 0.6) is 5.75 Å². The molecule has 7 nitrogen and oxygen atoms in total. The van der Waals surface area contributed by atoms with Gasteiger partial charge in [-0.15, -0.1) is 0 Å². The summed E-state index contributed by atoms with van der Waals surface area (Å²) in [7, 11) is 0. The third-order valence-corrected chi connectivity index (χ3v) is 5.03.